The minimum atomic E-state index is 0.442. The maximum absolute atomic E-state index is 11.0. The Balaban J connectivity index is 1.25. The Kier molecular flexibility index (Phi) is 7.16. The number of nitriles is 1. The lowest BCUT2D eigenvalue weighted by atomic mass is 9.97. The molecule has 0 aliphatic heterocycles. The Morgan fingerprint density at radius 1 is 0.393 bits per heavy atom. The average Bonchev–Trinajstić information content (AvgIpc) is 3.79. The second-order valence-corrected chi connectivity index (χ2v) is 14.1. The standard InChI is InChI=1S/C51H31N5/c52-32-42-49(36-25-24-33-14-10-11-17-35(33)30-36)53-51(34-15-4-1-5-16-34)54-50(42)37-26-27-44-41(31-37)48-46(56(44)39-20-8-3-9-21-39)29-28-45-47(48)40-22-12-13-23-43(40)55(45)38-18-6-2-7-19-38/h1-31H. The van der Waals surface area contributed by atoms with Gasteiger partial charge in [0.15, 0.2) is 5.82 Å². The highest BCUT2D eigenvalue weighted by atomic mass is 15.0. The predicted molar refractivity (Wildman–Crippen MR) is 229 cm³/mol. The number of nitrogens with zero attached hydrogens (tertiary/aromatic N) is 5. The van der Waals surface area contributed by atoms with E-state index in [1.54, 1.807) is 0 Å². The second-order valence-electron chi connectivity index (χ2n) is 14.1. The lowest BCUT2D eigenvalue weighted by Gasteiger charge is -2.13. The molecule has 3 aromatic heterocycles. The number of para-hydroxylation sites is 3. The Labute approximate surface area is 322 Å². The molecule has 0 spiro atoms. The monoisotopic (exact) mass is 713 g/mol. The molecule has 5 nitrogen and oxygen atoms in total. The number of aromatic nitrogens is 4. The normalized spacial score (nSPS) is 11.6. The molecule has 0 atom stereocenters. The summed E-state index contributed by atoms with van der Waals surface area (Å²) in [5, 5.41) is 17.8. The summed E-state index contributed by atoms with van der Waals surface area (Å²) in [6, 6.07) is 67.9. The Morgan fingerprint density at radius 2 is 0.893 bits per heavy atom. The van der Waals surface area contributed by atoms with Crippen molar-refractivity contribution < 1.29 is 0 Å². The molecule has 5 heteroatoms. The van der Waals surface area contributed by atoms with Crippen molar-refractivity contribution in [3.05, 3.63) is 194 Å². The first kappa shape index (κ1) is 31.7. The van der Waals surface area contributed by atoms with Crippen LogP contribution in [0.4, 0.5) is 0 Å². The molecule has 0 fully saturated rings. The van der Waals surface area contributed by atoms with Crippen molar-refractivity contribution in [2.24, 2.45) is 0 Å². The highest BCUT2D eigenvalue weighted by Gasteiger charge is 2.23. The number of hydrogen-bond donors (Lipinski definition) is 0. The van der Waals surface area contributed by atoms with Crippen molar-refractivity contribution in [3.63, 3.8) is 0 Å². The molecule has 260 valence electrons. The van der Waals surface area contributed by atoms with Crippen LogP contribution >= 0.6 is 0 Å². The van der Waals surface area contributed by atoms with Gasteiger partial charge in [-0.25, -0.2) is 9.97 Å². The number of rotatable bonds is 5. The SMILES string of the molecule is N#Cc1c(-c2ccc3ccccc3c2)nc(-c2ccccc2)nc1-c1ccc2c(c1)c1c3c4ccccc4n(-c4ccccc4)c3ccc1n2-c1ccccc1. The third-order valence-corrected chi connectivity index (χ3v) is 10.9. The average molecular weight is 714 g/mol. The van der Waals surface area contributed by atoms with Gasteiger partial charge in [0.1, 0.15) is 11.6 Å². The van der Waals surface area contributed by atoms with Gasteiger partial charge in [0.05, 0.1) is 33.5 Å². The minimum Gasteiger partial charge on any atom is -0.309 e. The van der Waals surface area contributed by atoms with E-state index in [2.05, 4.69) is 161 Å². The topological polar surface area (TPSA) is 59.4 Å². The van der Waals surface area contributed by atoms with Gasteiger partial charge in [-0.05, 0) is 71.4 Å². The molecule has 11 aromatic rings. The molecule has 0 amide bonds. The van der Waals surface area contributed by atoms with Gasteiger partial charge in [-0.2, -0.15) is 5.26 Å². The number of benzene rings is 8. The lowest BCUT2D eigenvalue weighted by Crippen LogP contribution is -2.01. The van der Waals surface area contributed by atoms with Gasteiger partial charge in [-0.1, -0.05) is 127 Å². The van der Waals surface area contributed by atoms with Gasteiger partial charge in [0, 0.05) is 49.6 Å². The van der Waals surface area contributed by atoms with Gasteiger partial charge in [-0.15, -0.1) is 0 Å². The Bertz CT molecular complexity index is 3350. The van der Waals surface area contributed by atoms with Crippen LogP contribution in [0.2, 0.25) is 0 Å². The fourth-order valence-electron chi connectivity index (χ4n) is 8.46. The molecule has 0 bridgehead atoms. The van der Waals surface area contributed by atoms with Crippen LogP contribution in [0.5, 0.6) is 0 Å². The number of hydrogen-bond acceptors (Lipinski definition) is 3. The van der Waals surface area contributed by atoms with E-state index in [0.717, 1.165) is 71.7 Å². The number of fused-ring (bicyclic) bond motifs is 8. The summed E-state index contributed by atoms with van der Waals surface area (Å²) in [5.74, 6) is 0.572. The summed E-state index contributed by atoms with van der Waals surface area (Å²) in [6.07, 6.45) is 0. The van der Waals surface area contributed by atoms with Crippen LogP contribution in [0, 0.1) is 11.3 Å². The molecular weight excluding hydrogens is 683 g/mol. The van der Waals surface area contributed by atoms with Crippen LogP contribution in [0.3, 0.4) is 0 Å². The molecule has 0 radical (unpaired) electrons. The third kappa shape index (κ3) is 4.87. The molecule has 0 saturated carbocycles. The zero-order chi connectivity index (χ0) is 37.2. The predicted octanol–water partition coefficient (Wildman–Crippen LogP) is 12.7. The summed E-state index contributed by atoms with van der Waals surface area (Å²) >= 11 is 0. The van der Waals surface area contributed by atoms with E-state index in [9.17, 15) is 5.26 Å². The molecule has 0 aliphatic carbocycles. The molecule has 0 aliphatic rings. The van der Waals surface area contributed by atoms with Crippen LogP contribution in [0.15, 0.2) is 188 Å². The van der Waals surface area contributed by atoms with E-state index in [1.165, 1.54) is 10.8 Å². The van der Waals surface area contributed by atoms with Crippen molar-refractivity contribution in [3.8, 4) is 51.3 Å². The van der Waals surface area contributed by atoms with Crippen molar-refractivity contribution >= 4 is 54.4 Å². The van der Waals surface area contributed by atoms with Crippen molar-refractivity contribution in [2.75, 3.05) is 0 Å². The summed E-state index contributed by atoms with van der Waals surface area (Å²) in [6.45, 7) is 0. The lowest BCUT2D eigenvalue weighted by molar-refractivity contribution is 1.17. The Hall–Kier alpha value is -7.81. The fraction of sp³-hybridized carbons (Fsp3) is 0. The van der Waals surface area contributed by atoms with Crippen molar-refractivity contribution in [2.45, 2.75) is 0 Å². The minimum absolute atomic E-state index is 0.442. The summed E-state index contributed by atoms with van der Waals surface area (Å²) in [4.78, 5) is 10.3. The van der Waals surface area contributed by atoms with Gasteiger partial charge in [0.25, 0.3) is 0 Å². The van der Waals surface area contributed by atoms with Crippen LogP contribution in [0.1, 0.15) is 5.56 Å². The first-order valence-corrected chi connectivity index (χ1v) is 18.7. The second kappa shape index (κ2) is 12.7. The molecule has 0 N–H and O–H groups in total. The van der Waals surface area contributed by atoms with E-state index >= 15 is 0 Å². The van der Waals surface area contributed by atoms with Crippen LogP contribution < -0.4 is 0 Å². The van der Waals surface area contributed by atoms with Gasteiger partial charge >= 0.3 is 0 Å². The van der Waals surface area contributed by atoms with E-state index < -0.39 is 0 Å². The Morgan fingerprint density at radius 3 is 1.55 bits per heavy atom. The van der Waals surface area contributed by atoms with Crippen molar-refractivity contribution in [1.29, 1.82) is 5.26 Å². The fourth-order valence-corrected chi connectivity index (χ4v) is 8.46. The third-order valence-electron chi connectivity index (χ3n) is 10.9. The van der Waals surface area contributed by atoms with E-state index in [0.29, 0.717) is 22.8 Å². The summed E-state index contributed by atoms with van der Waals surface area (Å²) in [7, 11) is 0. The van der Waals surface area contributed by atoms with E-state index in [-0.39, 0.29) is 0 Å². The summed E-state index contributed by atoms with van der Waals surface area (Å²) in [5.41, 5.74) is 10.9. The molecule has 56 heavy (non-hydrogen) atoms. The van der Waals surface area contributed by atoms with Gasteiger partial charge in [-0.3, -0.25) is 0 Å². The maximum atomic E-state index is 11.0. The smallest absolute Gasteiger partial charge is 0.160 e. The van der Waals surface area contributed by atoms with Gasteiger partial charge < -0.3 is 9.13 Å². The maximum Gasteiger partial charge on any atom is 0.160 e. The summed E-state index contributed by atoms with van der Waals surface area (Å²) < 4.78 is 4.71. The zero-order valence-corrected chi connectivity index (χ0v) is 30.1. The molecular formula is C51H31N5. The quantitative estimate of drug-likeness (QED) is 0.178. The van der Waals surface area contributed by atoms with Crippen molar-refractivity contribution in [1.82, 2.24) is 19.1 Å². The molecule has 8 aromatic carbocycles. The highest BCUT2D eigenvalue weighted by molar-refractivity contribution is 6.29. The van der Waals surface area contributed by atoms with Crippen LogP contribution in [-0.2, 0) is 0 Å². The van der Waals surface area contributed by atoms with Gasteiger partial charge in [0.2, 0.25) is 0 Å². The first-order chi connectivity index (χ1) is 27.7. The van der Waals surface area contributed by atoms with E-state index in [1.807, 2.05) is 42.5 Å². The molecule has 3 heterocycles. The molecule has 0 saturated heterocycles. The highest BCUT2D eigenvalue weighted by Crippen LogP contribution is 2.44. The molecule has 0 unspecified atom stereocenters. The largest absolute Gasteiger partial charge is 0.309 e. The van der Waals surface area contributed by atoms with Crippen LogP contribution in [-0.4, -0.2) is 19.1 Å². The van der Waals surface area contributed by atoms with Crippen LogP contribution in [0.25, 0.3) is 99.7 Å². The van der Waals surface area contributed by atoms with E-state index in [4.69, 9.17) is 9.97 Å². The molecule has 11 rings (SSSR count). The first-order valence-electron chi connectivity index (χ1n) is 18.7. The zero-order valence-electron chi connectivity index (χ0n) is 30.1.